The second-order valence-electron chi connectivity index (χ2n) is 6.07. The van der Waals surface area contributed by atoms with Crippen LogP contribution in [0, 0.1) is 0 Å². The summed E-state index contributed by atoms with van der Waals surface area (Å²) in [6.45, 7) is 1.04. The summed E-state index contributed by atoms with van der Waals surface area (Å²) in [6.07, 6.45) is 6.25. The molecule has 0 amide bonds. The van der Waals surface area contributed by atoms with Gasteiger partial charge < -0.3 is 13.9 Å². The molecule has 0 saturated carbocycles. The number of hydrogen-bond donors (Lipinski definition) is 1. The van der Waals surface area contributed by atoms with Crippen molar-refractivity contribution in [1.82, 2.24) is 4.72 Å². The first-order chi connectivity index (χ1) is 13.0. The van der Waals surface area contributed by atoms with Crippen molar-refractivity contribution in [3.8, 4) is 0 Å². The Morgan fingerprint density at radius 3 is 2.74 bits per heavy atom. The van der Waals surface area contributed by atoms with E-state index in [9.17, 15) is 13.2 Å². The number of sulfonamides is 1. The molecule has 0 aliphatic carbocycles. The van der Waals surface area contributed by atoms with Crippen LogP contribution in [-0.2, 0) is 30.8 Å². The Bertz CT molecular complexity index is 865. The highest BCUT2D eigenvalue weighted by Gasteiger charge is 2.17. The highest BCUT2D eigenvalue weighted by molar-refractivity contribution is 7.89. The number of nitrogens with one attached hydrogen (secondary N) is 1. The maximum atomic E-state index is 12.3. The fraction of sp³-hybridized carbons (Fsp3) is 0.316. The predicted molar refractivity (Wildman–Crippen MR) is 98.1 cm³/mol. The van der Waals surface area contributed by atoms with Crippen molar-refractivity contribution in [2.45, 2.75) is 30.4 Å². The molecule has 1 fully saturated rings. The minimum Gasteiger partial charge on any atom is -0.468 e. The molecule has 1 saturated heterocycles. The minimum absolute atomic E-state index is 0.0134. The smallest absolute Gasteiger partial charge is 0.330 e. The Hall–Kier alpha value is -2.42. The van der Waals surface area contributed by atoms with Crippen LogP contribution in [0.1, 0.15) is 24.2 Å². The molecule has 1 atom stereocenters. The zero-order chi connectivity index (χ0) is 19.1. The van der Waals surface area contributed by atoms with Gasteiger partial charge in [0.15, 0.2) is 0 Å². The van der Waals surface area contributed by atoms with Gasteiger partial charge in [-0.3, -0.25) is 0 Å². The molecule has 1 aliphatic rings. The van der Waals surface area contributed by atoms with Crippen molar-refractivity contribution in [2.24, 2.45) is 0 Å². The highest BCUT2D eigenvalue weighted by Crippen LogP contribution is 2.14. The number of esters is 1. The number of carbonyl (C=O) groups excluding carboxylic acids is 1. The van der Waals surface area contributed by atoms with Crippen molar-refractivity contribution < 1.29 is 27.1 Å². The molecule has 27 heavy (non-hydrogen) atoms. The summed E-state index contributed by atoms with van der Waals surface area (Å²) in [5.74, 6) is 0.0713. The van der Waals surface area contributed by atoms with Gasteiger partial charge in [0.1, 0.15) is 12.4 Å². The summed E-state index contributed by atoms with van der Waals surface area (Å²) >= 11 is 0. The van der Waals surface area contributed by atoms with E-state index < -0.39 is 16.0 Å². The van der Waals surface area contributed by atoms with Crippen LogP contribution in [0.25, 0.3) is 6.08 Å². The lowest BCUT2D eigenvalue weighted by Crippen LogP contribution is -2.22. The maximum absolute atomic E-state index is 12.3. The molecule has 1 N–H and O–H groups in total. The Balaban J connectivity index is 1.52. The van der Waals surface area contributed by atoms with Gasteiger partial charge in [-0.05, 0) is 48.7 Å². The van der Waals surface area contributed by atoms with Gasteiger partial charge in [-0.25, -0.2) is 17.9 Å². The molecule has 1 aromatic carbocycles. The third kappa shape index (κ3) is 5.78. The topological polar surface area (TPSA) is 94.8 Å². The van der Waals surface area contributed by atoms with Gasteiger partial charge in [0.2, 0.25) is 10.0 Å². The molecule has 7 nitrogen and oxygen atoms in total. The first-order valence-electron chi connectivity index (χ1n) is 8.61. The summed E-state index contributed by atoms with van der Waals surface area (Å²) in [5, 5.41) is 0. The van der Waals surface area contributed by atoms with E-state index in [1.165, 1.54) is 24.5 Å². The van der Waals surface area contributed by atoms with E-state index in [1.807, 2.05) is 0 Å². The van der Waals surface area contributed by atoms with Gasteiger partial charge in [0.05, 0.1) is 23.8 Å². The average molecular weight is 391 g/mol. The fourth-order valence-corrected chi connectivity index (χ4v) is 3.58. The van der Waals surface area contributed by atoms with Crippen LogP contribution in [0.3, 0.4) is 0 Å². The second kappa shape index (κ2) is 8.98. The van der Waals surface area contributed by atoms with Crippen LogP contribution in [0.4, 0.5) is 0 Å². The standard InChI is InChI=1S/C19H21NO6S/c21-19(26-14-17-4-2-12-25-17)10-7-15-5-8-18(9-6-15)27(22,23)20-13-16-3-1-11-24-16/h1,3,5-11,17,20H,2,4,12-14H2/b10-7+. The van der Waals surface area contributed by atoms with Gasteiger partial charge in [-0.15, -0.1) is 0 Å². The third-order valence-corrected chi connectivity index (χ3v) is 5.47. The normalized spacial score (nSPS) is 17.4. The van der Waals surface area contributed by atoms with E-state index in [0.717, 1.165) is 12.8 Å². The number of hydrogen-bond acceptors (Lipinski definition) is 6. The number of rotatable bonds is 8. The predicted octanol–water partition coefficient (Wildman–Crippen LogP) is 2.49. The van der Waals surface area contributed by atoms with Crippen molar-refractivity contribution in [3.63, 3.8) is 0 Å². The molecule has 1 aliphatic heterocycles. The Morgan fingerprint density at radius 1 is 1.26 bits per heavy atom. The summed E-state index contributed by atoms with van der Waals surface area (Å²) in [6, 6.07) is 9.56. The highest BCUT2D eigenvalue weighted by atomic mass is 32.2. The van der Waals surface area contributed by atoms with Crippen LogP contribution < -0.4 is 4.72 Å². The molecule has 0 spiro atoms. The van der Waals surface area contributed by atoms with E-state index in [0.29, 0.717) is 17.9 Å². The molecule has 3 rings (SSSR count). The van der Waals surface area contributed by atoms with Crippen LogP contribution in [0.2, 0.25) is 0 Å². The Morgan fingerprint density at radius 2 is 2.07 bits per heavy atom. The van der Waals surface area contributed by atoms with Crippen LogP contribution in [0.5, 0.6) is 0 Å². The average Bonchev–Trinajstić information content (AvgIpc) is 3.37. The summed E-state index contributed by atoms with van der Waals surface area (Å²) in [4.78, 5) is 11.8. The zero-order valence-electron chi connectivity index (χ0n) is 14.7. The largest absolute Gasteiger partial charge is 0.468 e. The molecular weight excluding hydrogens is 370 g/mol. The van der Waals surface area contributed by atoms with Crippen molar-refractivity contribution in [3.05, 3.63) is 60.1 Å². The summed E-state index contributed by atoms with van der Waals surface area (Å²) < 4.78 is 42.6. The lowest BCUT2D eigenvalue weighted by atomic mass is 10.2. The number of carbonyl (C=O) groups is 1. The van der Waals surface area contributed by atoms with Gasteiger partial charge in [0.25, 0.3) is 0 Å². The first-order valence-corrected chi connectivity index (χ1v) is 10.1. The second-order valence-corrected chi connectivity index (χ2v) is 7.84. The van der Waals surface area contributed by atoms with Gasteiger partial charge in [-0.1, -0.05) is 12.1 Å². The molecule has 2 heterocycles. The zero-order valence-corrected chi connectivity index (χ0v) is 15.5. The molecule has 0 radical (unpaired) electrons. The van der Waals surface area contributed by atoms with E-state index in [-0.39, 0.29) is 24.2 Å². The number of furan rings is 1. The number of ether oxygens (including phenoxy) is 2. The number of benzene rings is 1. The quantitative estimate of drug-likeness (QED) is 0.549. The van der Waals surface area contributed by atoms with E-state index in [2.05, 4.69) is 4.72 Å². The van der Waals surface area contributed by atoms with Crippen LogP contribution in [-0.4, -0.2) is 33.7 Å². The van der Waals surface area contributed by atoms with E-state index in [4.69, 9.17) is 13.9 Å². The molecule has 2 aromatic rings. The van der Waals surface area contributed by atoms with Gasteiger partial charge in [-0.2, -0.15) is 0 Å². The van der Waals surface area contributed by atoms with Crippen LogP contribution >= 0.6 is 0 Å². The maximum Gasteiger partial charge on any atom is 0.330 e. The van der Waals surface area contributed by atoms with Gasteiger partial charge >= 0.3 is 5.97 Å². The molecular formula is C19H21NO6S. The third-order valence-electron chi connectivity index (χ3n) is 4.05. The Labute approximate surface area is 158 Å². The van der Waals surface area contributed by atoms with E-state index >= 15 is 0 Å². The Kier molecular flexibility index (Phi) is 6.44. The SMILES string of the molecule is O=C(/C=C/c1ccc(S(=O)(=O)NCc2ccco2)cc1)OCC1CCCO1. The lowest BCUT2D eigenvalue weighted by molar-refractivity contribution is -0.140. The van der Waals surface area contributed by atoms with Gasteiger partial charge in [0, 0.05) is 12.7 Å². The monoisotopic (exact) mass is 391 g/mol. The fourth-order valence-electron chi connectivity index (χ4n) is 2.58. The summed E-state index contributed by atoms with van der Waals surface area (Å²) in [5.41, 5.74) is 0.689. The van der Waals surface area contributed by atoms with Crippen molar-refractivity contribution in [2.75, 3.05) is 13.2 Å². The molecule has 144 valence electrons. The van der Waals surface area contributed by atoms with E-state index in [1.54, 1.807) is 30.3 Å². The van der Waals surface area contributed by atoms with Crippen LogP contribution in [0.15, 0.2) is 58.1 Å². The molecule has 1 aromatic heterocycles. The summed E-state index contributed by atoms with van der Waals surface area (Å²) in [7, 11) is -3.64. The minimum atomic E-state index is -3.64. The molecule has 8 heteroatoms. The first kappa shape index (κ1) is 19.3. The molecule has 1 unspecified atom stereocenters. The lowest BCUT2D eigenvalue weighted by Gasteiger charge is -2.08. The molecule has 0 bridgehead atoms. The van der Waals surface area contributed by atoms with Crippen molar-refractivity contribution >= 4 is 22.1 Å². The van der Waals surface area contributed by atoms with Crippen molar-refractivity contribution in [1.29, 1.82) is 0 Å².